The average Bonchev–Trinajstić information content (AvgIpc) is 3.15. The Morgan fingerprint density at radius 1 is 1.23 bits per heavy atom. The predicted molar refractivity (Wildman–Crippen MR) is 119 cm³/mol. The molecule has 0 aliphatic carbocycles. The number of aromatic nitrogens is 2. The molecule has 1 saturated heterocycles. The lowest BCUT2D eigenvalue weighted by Gasteiger charge is -2.29. The Balaban J connectivity index is 1.43. The highest BCUT2D eigenvalue weighted by Gasteiger charge is 2.27. The van der Waals surface area contributed by atoms with Gasteiger partial charge in [0.05, 0.1) is 13.1 Å². The van der Waals surface area contributed by atoms with Gasteiger partial charge in [-0.05, 0) is 69.1 Å². The van der Waals surface area contributed by atoms with E-state index >= 15 is 0 Å². The minimum absolute atomic E-state index is 0.102. The maximum absolute atomic E-state index is 12.6. The number of aryl methyl sites for hydroxylation is 2. The van der Waals surface area contributed by atoms with Crippen LogP contribution in [0.25, 0.3) is 0 Å². The monoisotopic (exact) mass is 411 g/mol. The zero-order chi connectivity index (χ0) is 21.5. The van der Waals surface area contributed by atoms with E-state index in [4.69, 9.17) is 4.74 Å². The first kappa shape index (κ1) is 22.0. The lowest BCUT2D eigenvalue weighted by Crippen LogP contribution is -2.44. The highest BCUT2D eigenvalue weighted by Crippen LogP contribution is 2.23. The van der Waals surface area contributed by atoms with Gasteiger partial charge in [-0.2, -0.15) is 5.10 Å². The molecular formula is C23H33N5O2. The van der Waals surface area contributed by atoms with Gasteiger partial charge < -0.3 is 14.5 Å². The number of likely N-dealkylation sites (N-methyl/N-ethyl adjacent to an activating group) is 2. The van der Waals surface area contributed by atoms with E-state index in [0.29, 0.717) is 25.7 Å². The number of ether oxygens (including phenoxy) is 1. The van der Waals surface area contributed by atoms with Crippen LogP contribution in [0.2, 0.25) is 0 Å². The summed E-state index contributed by atoms with van der Waals surface area (Å²) in [6, 6.07) is 10.4. The van der Waals surface area contributed by atoms with E-state index in [1.54, 1.807) is 11.1 Å². The van der Waals surface area contributed by atoms with Crippen molar-refractivity contribution >= 4 is 11.7 Å². The highest BCUT2D eigenvalue weighted by molar-refractivity contribution is 5.77. The lowest BCUT2D eigenvalue weighted by molar-refractivity contribution is -0.131. The van der Waals surface area contributed by atoms with Crippen LogP contribution in [0.1, 0.15) is 24.0 Å². The summed E-state index contributed by atoms with van der Waals surface area (Å²) in [5.41, 5.74) is 2.36. The molecular weight excluding hydrogens is 378 g/mol. The fourth-order valence-corrected chi connectivity index (χ4v) is 3.99. The molecule has 1 aromatic heterocycles. The topological polar surface area (TPSA) is 61.8 Å². The van der Waals surface area contributed by atoms with Crippen LogP contribution in [0, 0.1) is 13.8 Å². The van der Waals surface area contributed by atoms with Gasteiger partial charge in [0.2, 0.25) is 5.91 Å². The first-order chi connectivity index (χ1) is 14.4. The quantitative estimate of drug-likeness (QED) is 0.632. The predicted octanol–water partition coefficient (Wildman–Crippen LogP) is 2.53. The molecule has 1 amide bonds. The van der Waals surface area contributed by atoms with Crippen LogP contribution in [0.4, 0.5) is 5.82 Å². The smallest absolute Gasteiger partial charge is 0.236 e. The van der Waals surface area contributed by atoms with Crippen molar-refractivity contribution in [3.8, 4) is 5.75 Å². The van der Waals surface area contributed by atoms with Gasteiger partial charge in [-0.1, -0.05) is 6.07 Å². The summed E-state index contributed by atoms with van der Waals surface area (Å²) in [7, 11) is 3.84. The van der Waals surface area contributed by atoms with Crippen molar-refractivity contribution in [2.24, 2.45) is 0 Å². The van der Waals surface area contributed by atoms with Gasteiger partial charge in [0, 0.05) is 32.4 Å². The van der Waals surface area contributed by atoms with Crippen molar-refractivity contribution in [1.29, 1.82) is 0 Å². The van der Waals surface area contributed by atoms with Crippen LogP contribution < -0.4 is 9.64 Å². The van der Waals surface area contributed by atoms with E-state index in [0.717, 1.165) is 37.5 Å². The Kier molecular flexibility index (Phi) is 7.63. The molecule has 1 fully saturated rings. The van der Waals surface area contributed by atoms with Gasteiger partial charge in [0.1, 0.15) is 12.4 Å². The molecule has 2 heterocycles. The Labute approximate surface area is 179 Å². The number of rotatable bonds is 9. The summed E-state index contributed by atoms with van der Waals surface area (Å²) in [6.45, 7) is 7.37. The minimum atomic E-state index is 0.102. The molecule has 0 spiro atoms. The molecule has 1 atom stereocenters. The first-order valence-electron chi connectivity index (χ1n) is 10.6. The number of hydrogen-bond donors (Lipinski definition) is 0. The van der Waals surface area contributed by atoms with Crippen LogP contribution in [-0.4, -0.2) is 78.8 Å². The van der Waals surface area contributed by atoms with Gasteiger partial charge in [0.15, 0.2) is 5.82 Å². The molecule has 162 valence electrons. The van der Waals surface area contributed by atoms with E-state index < -0.39 is 0 Å². The van der Waals surface area contributed by atoms with Crippen molar-refractivity contribution in [3.05, 3.63) is 47.7 Å². The second-order valence-electron chi connectivity index (χ2n) is 8.26. The number of benzene rings is 1. The summed E-state index contributed by atoms with van der Waals surface area (Å²) in [5.74, 6) is 1.88. The first-order valence-corrected chi connectivity index (χ1v) is 10.6. The molecule has 2 aromatic rings. The van der Waals surface area contributed by atoms with Gasteiger partial charge in [-0.3, -0.25) is 9.69 Å². The largest absolute Gasteiger partial charge is 0.492 e. The van der Waals surface area contributed by atoms with Gasteiger partial charge >= 0.3 is 0 Å². The van der Waals surface area contributed by atoms with Crippen molar-refractivity contribution in [2.75, 3.05) is 51.8 Å². The van der Waals surface area contributed by atoms with Gasteiger partial charge in [-0.15, -0.1) is 5.10 Å². The van der Waals surface area contributed by atoms with Crippen molar-refractivity contribution in [3.63, 3.8) is 0 Å². The fraction of sp³-hybridized carbons (Fsp3) is 0.522. The van der Waals surface area contributed by atoms with Crippen molar-refractivity contribution in [2.45, 2.75) is 32.7 Å². The van der Waals surface area contributed by atoms with Gasteiger partial charge in [-0.25, -0.2) is 0 Å². The molecule has 1 aliphatic heterocycles. The number of carbonyl (C=O) groups is 1. The Bertz CT molecular complexity index is 809. The Morgan fingerprint density at radius 2 is 2.00 bits per heavy atom. The standard InChI is InChI=1S/C23H33N5O2/c1-18-13-19(2)15-21(14-18)30-12-11-27(4)23(29)17-26(3)16-20-7-6-10-28(20)22-8-5-9-24-25-22/h5,8-9,13-15,20H,6-7,10-12,16-17H2,1-4H3. The summed E-state index contributed by atoms with van der Waals surface area (Å²) in [6.07, 6.45) is 3.94. The molecule has 30 heavy (non-hydrogen) atoms. The lowest BCUT2D eigenvalue weighted by atomic mass is 10.1. The summed E-state index contributed by atoms with van der Waals surface area (Å²) < 4.78 is 5.84. The third-order valence-electron chi connectivity index (χ3n) is 5.47. The molecule has 1 unspecified atom stereocenters. The molecule has 3 rings (SSSR count). The second-order valence-corrected chi connectivity index (χ2v) is 8.26. The zero-order valence-corrected chi connectivity index (χ0v) is 18.5. The normalized spacial score (nSPS) is 16.2. The van der Waals surface area contributed by atoms with Crippen LogP contribution in [0.15, 0.2) is 36.5 Å². The third-order valence-corrected chi connectivity index (χ3v) is 5.47. The zero-order valence-electron chi connectivity index (χ0n) is 18.5. The molecule has 7 nitrogen and oxygen atoms in total. The average molecular weight is 412 g/mol. The summed E-state index contributed by atoms with van der Waals surface area (Å²) >= 11 is 0. The molecule has 1 aliphatic rings. The molecule has 0 saturated carbocycles. The fourth-order valence-electron chi connectivity index (χ4n) is 3.99. The van der Waals surface area contributed by atoms with Crippen LogP contribution >= 0.6 is 0 Å². The Morgan fingerprint density at radius 3 is 2.70 bits per heavy atom. The summed E-state index contributed by atoms with van der Waals surface area (Å²) in [5, 5.41) is 8.24. The molecule has 1 aromatic carbocycles. The van der Waals surface area contributed by atoms with Crippen LogP contribution in [0.5, 0.6) is 5.75 Å². The maximum Gasteiger partial charge on any atom is 0.236 e. The minimum Gasteiger partial charge on any atom is -0.492 e. The highest BCUT2D eigenvalue weighted by atomic mass is 16.5. The van der Waals surface area contributed by atoms with Crippen LogP contribution in [0.3, 0.4) is 0 Å². The number of hydrogen-bond acceptors (Lipinski definition) is 6. The van der Waals surface area contributed by atoms with Crippen LogP contribution in [-0.2, 0) is 4.79 Å². The molecule has 0 radical (unpaired) electrons. The van der Waals surface area contributed by atoms with E-state index in [9.17, 15) is 4.79 Å². The number of nitrogens with zero attached hydrogens (tertiary/aromatic N) is 5. The number of anilines is 1. The Hall–Kier alpha value is -2.67. The van der Waals surface area contributed by atoms with E-state index in [1.165, 1.54) is 11.1 Å². The molecule has 7 heteroatoms. The second kappa shape index (κ2) is 10.4. The van der Waals surface area contributed by atoms with E-state index in [1.807, 2.05) is 38.4 Å². The van der Waals surface area contributed by atoms with E-state index in [2.05, 4.69) is 39.9 Å². The van der Waals surface area contributed by atoms with Crippen molar-refractivity contribution < 1.29 is 9.53 Å². The summed E-state index contributed by atoms with van der Waals surface area (Å²) in [4.78, 5) is 18.8. The molecule has 0 N–H and O–H groups in total. The SMILES string of the molecule is Cc1cc(C)cc(OCCN(C)C(=O)CN(C)CC2CCCN2c2cccnn2)c1. The molecule has 0 bridgehead atoms. The third kappa shape index (κ3) is 6.16. The number of amides is 1. The van der Waals surface area contributed by atoms with Gasteiger partial charge in [0.25, 0.3) is 0 Å². The van der Waals surface area contributed by atoms with Crippen molar-refractivity contribution in [1.82, 2.24) is 20.0 Å². The van der Waals surface area contributed by atoms with E-state index in [-0.39, 0.29) is 5.91 Å². The maximum atomic E-state index is 12.6. The number of carbonyl (C=O) groups excluding carboxylic acids is 1.